The van der Waals surface area contributed by atoms with E-state index in [9.17, 15) is 4.79 Å². The fraction of sp³-hybridized carbons (Fsp3) is 0.727. The maximum Gasteiger partial charge on any atom is 0.199 e. The van der Waals surface area contributed by atoms with Crippen molar-refractivity contribution >= 4 is 5.78 Å². The second-order valence-corrected chi connectivity index (χ2v) is 4.86. The SMILES string of the molecule is CCC[C@@H]1OC(C[N+](C)(C)C)=CC1=O.[I-]. The molecule has 0 aliphatic carbocycles. The fourth-order valence-corrected chi connectivity index (χ4v) is 1.54. The van der Waals surface area contributed by atoms with Crippen molar-refractivity contribution in [3.8, 4) is 0 Å². The molecule has 0 radical (unpaired) electrons. The number of carbonyl (C=O) groups excluding carboxylic acids is 1. The Bertz CT molecular complexity index is 256. The number of rotatable bonds is 4. The van der Waals surface area contributed by atoms with E-state index in [1.165, 1.54) is 0 Å². The second kappa shape index (κ2) is 5.84. The van der Waals surface area contributed by atoms with Crippen molar-refractivity contribution in [2.24, 2.45) is 0 Å². The summed E-state index contributed by atoms with van der Waals surface area (Å²) in [5.74, 6) is 0.969. The normalized spacial score (nSPS) is 20.7. The maximum atomic E-state index is 11.5. The topological polar surface area (TPSA) is 26.3 Å². The summed E-state index contributed by atoms with van der Waals surface area (Å²) in [6, 6.07) is 0. The Morgan fingerprint density at radius 3 is 2.47 bits per heavy atom. The zero-order valence-corrected chi connectivity index (χ0v) is 12.1. The standard InChI is InChI=1S/C11H20NO2.HI/c1-5-6-11-10(13)7-9(14-11)8-12(2,3)4;/h7,11H,5-6,8H2,1-4H3;1H/q+1;/p-1/t11-;/m0./s1. The lowest BCUT2D eigenvalue weighted by Gasteiger charge is -2.24. The first-order chi connectivity index (χ1) is 6.42. The Balaban J connectivity index is 0.00000196. The number of likely N-dealkylation sites (N-methyl/N-ethyl adjacent to an activating group) is 1. The lowest BCUT2D eigenvalue weighted by atomic mass is 10.1. The first-order valence-corrected chi connectivity index (χ1v) is 5.14. The first kappa shape index (κ1) is 14.9. The van der Waals surface area contributed by atoms with Crippen LogP contribution in [0.25, 0.3) is 0 Å². The molecule has 0 aromatic rings. The van der Waals surface area contributed by atoms with Gasteiger partial charge in [-0.15, -0.1) is 0 Å². The smallest absolute Gasteiger partial charge is 0.199 e. The van der Waals surface area contributed by atoms with Crippen molar-refractivity contribution in [1.82, 2.24) is 0 Å². The Hall–Kier alpha value is -0.100. The molecule has 15 heavy (non-hydrogen) atoms. The molecule has 1 aliphatic heterocycles. The number of ketones is 1. The highest BCUT2D eigenvalue weighted by atomic mass is 127. The summed E-state index contributed by atoms with van der Waals surface area (Å²) in [4.78, 5) is 11.5. The van der Waals surface area contributed by atoms with Crippen molar-refractivity contribution in [2.75, 3.05) is 27.7 Å². The van der Waals surface area contributed by atoms with Crippen molar-refractivity contribution in [3.05, 3.63) is 11.8 Å². The minimum atomic E-state index is -0.207. The zero-order chi connectivity index (χ0) is 10.8. The monoisotopic (exact) mass is 325 g/mol. The molecule has 0 N–H and O–H groups in total. The fourth-order valence-electron chi connectivity index (χ4n) is 1.54. The third-order valence-electron chi connectivity index (χ3n) is 2.10. The van der Waals surface area contributed by atoms with Gasteiger partial charge in [0.25, 0.3) is 0 Å². The number of ether oxygens (including phenoxy) is 1. The van der Waals surface area contributed by atoms with Crippen molar-refractivity contribution in [3.63, 3.8) is 0 Å². The Labute approximate surface area is 109 Å². The highest BCUT2D eigenvalue weighted by molar-refractivity contribution is 5.95. The first-order valence-electron chi connectivity index (χ1n) is 5.14. The van der Waals surface area contributed by atoms with Crippen molar-refractivity contribution in [2.45, 2.75) is 25.9 Å². The molecule has 3 nitrogen and oxygen atoms in total. The molecular weight excluding hydrogens is 305 g/mol. The van der Waals surface area contributed by atoms with Crippen LogP contribution < -0.4 is 24.0 Å². The minimum absolute atomic E-state index is 0. The van der Waals surface area contributed by atoms with E-state index in [1.807, 2.05) is 0 Å². The molecule has 0 amide bonds. The van der Waals surface area contributed by atoms with Crippen LogP contribution in [-0.2, 0) is 9.53 Å². The van der Waals surface area contributed by atoms with E-state index in [2.05, 4.69) is 28.1 Å². The van der Waals surface area contributed by atoms with Crippen LogP contribution in [0.5, 0.6) is 0 Å². The Morgan fingerprint density at radius 1 is 1.40 bits per heavy atom. The number of nitrogens with zero attached hydrogens (tertiary/aromatic N) is 1. The van der Waals surface area contributed by atoms with Gasteiger partial charge in [0.1, 0.15) is 6.54 Å². The van der Waals surface area contributed by atoms with Gasteiger partial charge in [0, 0.05) is 6.08 Å². The molecule has 0 saturated carbocycles. The van der Waals surface area contributed by atoms with Crippen LogP contribution in [0.4, 0.5) is 0 Å². The quantitative estimate of drug-likeness (QED) is 0.457. The molecule has 88 valence electrons. The number of halogens is 1. The molecule has 1 atom stereocenters. The summed E-state index contributed by atoms with van der Waals surface area (Å²) < 4.78 is 6.38. The van der Waals surface area contributed by atoms with Crippen molar-refractivity contribution < 1.29 is 38.0 Å². The van der Waals surface area contributed by atoms with Crippen LogP contribution in [-0.4, -0.2) is 44.1 Å². The van der Waals surface area contributed by atoms with Gasteiger partial charge in [-0.3, -0.25) is 4.79 Å². The minimum Gasteiger partial charge on any atom is -1.00 e. The molecule has 0 aromatic heterocycles. The zero-order valence-electron chi connectivity index (χ0n) is 9.92. The van der Waals surface area contributed by atoms with E-state index in [0.29, 0.717) is 0 Å². The predicted octanol–water partition coefficient (Wildman–Crippen LogP) is -1.65. The van der Waals surface area contributed by atoms with E-state index >= 15 is 0 Å². The van der Waals surface area contributed by atoms with E-state index in [-0.39, 0.29) is 35.9 Å². The molecule has 1 aliphatic rings. The van der Waals surface area contributed by atoms with Gasteiger partial charge in [0.15, 0.2) is 17.6 Å². The Morgan fingerprint density at radius 2 is 2.00 bits per heavy atom. The average molecular weight is 325 g/mol. The van der Waals surface area contributed by atoms with Gasteiger partial charge in [-0.25, -0.2) is 0 Å². The molecular formula is C11H20INO2. The van der Waals surface area contributed by atoms with E-state index < -0.39 is 0 Å². The molecule has 0 fully saturated rings. The van der Waals surface area contributed by atoms with Crippen LogP contribution in [0.15, 0.2) is 11.8 Å². The molecule has 0 spiro atoms. The molecule has 0 aromatic carbocycles. The number of hydrogen-bond donors (Lipinski definition) is 0. The largest absolute Gasteiger partial charge is 1.00 e. The van der Waals surface area contributed by atoms with Gasteiger partial charge in [-0.1, -0.05) is 13.3 Å². The van der Waals surface area contributed by atoms with Gasteiger partial charge in [-0.2, -0.15) is 0 Å². The molecule has 1 rings (SSSR count). The summed E-state index contributed by atoms with van der Waals surface area (Å²) in [5.41, 5.74) is 0. The third kappa shape index (κ3) is 4.97. The van der Waals surface area contributed by atoms with Gasteiger partial charge >= 0.3 is 0 Å². The average Bonchev–Trinajstić information content (AvgIpc) is 2.28. The van der Waals surface area contributed by atoms with Crippen LogP contribution in [0.1, 0.15) is 19.8 Å². The van der Waals surface area contributed by atoms with Crippen LogP contribution in [0, 0.1) is 0 Å². The van der Waals surface area contributed by atoms with Gasteiger partial charge in [0.05, 0.1) is 21.1 Å². The summed E-state index contributed by atoms with van der Waals surface area (Å²) in [7, 11) is 6.26. The second-order valence-electron chi connectivity index (χ2n) is 4.86. The van der Waals surface area contributed by atoms with Crippen LogP contribution in [0.2, 0.25) is 0 Å². The van der Waals surface area contributed by atoms with Gasteiger partial charge in [0.2, 0.25) is 0 Å². The predicted molar refractivity (Wildman–Crippen MR) is 55.8 cm³/mol. The summed E-state index contributed by atoms with van der Waals surface area (Å²) in [6.07, 6.45) is 3.27. The molecule has 0 bridgehead atoms. The third-order valence-corrected chi connectivity index (χ3v) is 2.10. The lowest BCUT2D eigenvalue weighted by molar-refractivity contribution is -0.866. The summed E-state index contributed by atoms with van der Waals surface area (Å²) in [5, 5.41) is 0. The summed E-state index contributed by atoms with van der Waals surface area (Å²) in [6.45, 7) is 2.85. The van der Waals surface area contributed by atoms with Crippen LogP contribution in [0.3, 0.4) is 0 Å². The number of carbonyl (C=O) groups is 1. The van der Waals surface area contributed by atoms with E-state index in [1.54, 1.807) is 6.08 Å². The number of quaternary nitrogens is 1. The lowest BCUT2D eigenvalue weighted by Crippen LogP contribution is -3.00. The molecule has 0 saturated heterocycles. The van der Waals surface area contributed by atoms with Gasteiger partial charge < -0.3 is 33.2 Å². The van der Waals surface area contributed by atoms with Crippen molar-refractivity contribution in [1.29, 1.82) is 0 Å². The highest BCUT2D eigenvalue weighted by Gasteiger charge is 2.28. The molecule has 0 unspecified atom stereocenters. The van der Waals surface area contributed by atoms with E-state index in [0.717, 1.165) is 29.6 Å². The van der Waals surface area contributed by atoms with Crippen LogP contribution >= 0.6 is 0 Å². The molecule has 1 heterocycles. The Kier molecular flexibility index (Phi) is 5.80. The van der Waals surface area contributed by atoms with E-state index in [4.69, 9.17) is 4.74 Å². The number of hydrogen-bond acceptors (Lipinski definition) is 2. The van der Waals surface area contributed by atoms with Gasteiger partial charge in [-0.05, 0) is 6.42 Å². The maximum absolute atomic E-state index is 11.5. The summed E-state index contributed by atoms with van der Waals surface area (Å²) >= 11 is 0. The molecule has 4 heteroatoms. The highest BCUT2D eigenvalue weighted by Crippen LogP contribution is 2.19.